The minimum atomic E-state index is -4.43. The number of hydrogen-bond acceptors (Lipinski definition) is 6. The Morgan fingerprint density at radius 1 is 1.18 bits per heavy atom. The van der Waals surface area contributed by atoms with E-state index in [2.05, 4.69) is 4.98 Å². The van der Waals surface area contributed by atoms with Gasteiger partial charge in [0.25, 0.3) is 5.56 Å². The van der Waals surface area contributed by atoms with E-state index >= 15 is 0 Å². The van der Waals surface area contributed by atoms with Crippen molar-refractivity contribution in [3.63, 3.8) is 0 Å². The Hall–Kier alpha value is -2.92. The predicted molar refractivity (Wildman–Crippen MR) is 122 cm³/mol. The number of rotatable bonds is 6. The van der Waals surface area contributed by atoms with Gasteiger partial charge in [0.15, 0.2) is 0 Å². The first-order valence-corrected chi connectivity index (χ1v) is 11.8. The van der Waals surface area contributed by atoms with Crippen molar-refractivity contribution in [1.82, 2.24) is 14.5 Å². The molecule has 11 heteroatoms. The van der Waals surface area contributed by atoms with E-state index in [9.17, 15) is 27.6 Å². The highest BCUT2D eigenvalue weighted by Crippen LogP contribution is 2.36. The molecule has 3 heterocycles. The van der Waals surface area contributed by atoms with Gasteiger partial charge in [0.05, 0.1) is 23.5 Å². The summed E-state index contributed by atoms with van der Waals surface area (Å²) in [6, 6.07) is 6.57. The second kappa shape index (κ2) is 9.75. The van der Waals surface area contributed by atoms with Crippen molar-refractivity contribution in [2.75, 3.05) is 26.2 Å². The number of carbonyl (C=O) groups is 1. The number of thiophene rings is 1. The third kappa shape index (κ3) is 4.95. The topological polar surface area (TPSA) is 84.4 Å². The molecule has 1 unspecified atom stereocenters. The van der Waals surface area contributed by atoms with Gasteiger partial charge in [0.1, 0.15) is 4.83 Å². The third-order valence-electron chi connectivity index (χ3n) is 6.20. The van der Waals surface area contributed by atoms with Gasteiger partial charge in [-0.3, -0.25) is 19.1 Å². The second-order valence-electron chi connectivity index (χ2n) is 8.22. The average Bonchev–Trinajstić information content (AvgIpc) is 3.27. The number of piperidine rings is 1. The Kier molecular flexibility index (Phi) is 6.94. The fourth-order valence-electron chi connectivity index (χ4n) is 4.45. The van der Waals surface area contributed by atoms with Crippen LogP contribution in [0, 0.1) is 5.92 Å². The minimum Gasteiger partial charge on any atom is -0.466 e. The van der Waals surface area contributed by atoms with Crippen LogP contribution in [-0.4, -0.2) is 46.7 Å². The summed E-state index contributed by atoms with van der Waals surface area (Å²) >= 11 is 1.29. The fourth-order valence-corrected chi connectivity index (χ4v) is 5.22. The molecule has 2 aromatic heterocycles. The van der Waals surface area contributed by atoms with E-state index in [-0.39, 0.29) is 24.6 Å². The van der Waals surface area contributed by atoms with Crippen molar-refractivity contribution < 1.29 is 22.7 Å². The first-order chi connectivity index (χ1) is 16.2. The number of aromatic amines is 1. The van der Waals surface area contributed by atoms with E-state index in [1.807, 2.05) is 4.90 Å². The molecule has 2 atom stereocenters. The molecule has 1 saturated heterocycles. The minimum absolute atomic E-state index is 0.153. The van der Waals surface area contributed by atoms with Gasteiger partial charge in [-0.05, 0) is 54.9 Å². The molecule has 0 amide bonds. The van der Waals surface area contributed by atoms with E-state index in [4.69, 9.17) is 4.74 Å². The van der Waals surface area contributed by atoms with Crippen molar-refractivity contribution in [2.45, 2.75) is 32.0 Å². The zero-order chi connectivity index (χ0) is 24.5. The molecular formula is C23H24F3N3O4S. The van der Waals surface area contributed by atoms with Crippen molar-refractivity contribution in [3.05, 3.63) is 67.7 Å². The van der Waals surface area contributed by atoms with Gasteiger partial charge >= 0.3 is 17.8 Å². The second-order valence-corrected chi connectivity index (χ2v) is 9.14. The molecule has 0 aliphatic carbocycles. The lowest BCUT2D eigenvalue weighted by atomic mass is 9.80. The number of hydrogen-bond donors (Lipinski definition) is 1. The molecule has 182 valence electrons. The number of alkyl halides is 3. The predicted octanol–water partition coefficient (Wildman–Crippen LogP) is 3.44. The van der Waals surface area contributed by atoms with E-state index < -0.39 is 29.3 Å². The highest BCUT2D eigenvalue weighted by molar-refractivity contribution is 7.16. The van der Waals surface area contributed by atoms with Crippen LogP contribution in [0.15, 0.2) is 45.3 Å². The summed E-state index contributed by atoms with van der Waals surface area (Å²) in [5.74, 6) is -1.27. The third-order valence-corrected chi connectivity index (χ3v) is 7.03. The average molecular weight is 496 g/mol. The molecular weight excluding hydrogens is 471 g/mol. The molecule has 1 N–H and O–H groups in total. The highest BCUT2D eigenvalue weighted by Gasteiger charge is 2.37. The maximum atomic E-state index is 12.9. The SMILES string of the molecule is CCOC(=O)C1CN(CCn2c(=O)[nH]c3sccc3c2=O)CC[C@@H]1c1ccc(C(F)(F)F)cc1. The van der Waals surface area contributed by atoms with Crippen LogP contribution in [0.5, 0.6) is 0 Å². The van der Waals surface area contributed by atoms with Gasteiger partial charge in [-0.1, -0.05) is 12.1 Å². The number of ether oxygens (including phenoxy) is 1. The van der Waals surface area contributed by atoms with Crippen LogP contribution < -0.4 is 11.2 Å². The van der Waals surface area contributed by atoms with Gasteiger partial charge in [-0.25, -0.2) is 4.79 Å². The maximum absolute atomic E-state index is 12.9. The van der Waals surface area contributed by atoms with Crippen molar-refractivity contribution in [3.8, 4) is 0 Å². The van der Waals surface area contributed by atoms with E-state index in [0.29, 0.717) is 41.8 Å². The molecule has 0 radical (unpaired) electrons. The lowest BCUT2D eigenvalue weighted by Crippen LogP contribution is -2.46. The number of H-pyrrole nitrogens is 1. The monoisotopic (exact) mass is 495 g/mol. The number of halogens is 3. The van der Waals surface area contributed by atoms with Crippen LogP contribution in [0.25, 0.3) is 10.2 Å². The van der Waals surface area contributed by atoms with Crippen LogP contribution in [0.2, 0.25) is 0 Å². The zero-order valence-electron chi connectivity index (χ0n) is 18.4. The standard InChI is InChI=1S/C23H24F3N3O4S/c1-2-33-21(31)18-13-28(9-7-16(18)14-3-5-15(6-4-14)23(24,25)26)10-11-29-20(30)17-8-12-34-19(17)27-22(29)32/h3-6,8,12,16,18H,2,7,9-11,13H2,1H3,(H,27,32)/t16-,18?/m1/s1. The van der Waals surface area contributed by atoms with Gasteiger partial charge in [-0.15, -0.1) is 11.3 Å². The van der Waals surface area contributed by atoms with Crippen molar-refractivity contribution >= 4 is 27.5 Å². The Morgan fingerprint density at radius 3 is 2.59 bits per heavy atom. The molecule has 1 fully saturated rings. The van der Waals surface area contributed by atoms with Gasteiger partial charge in [0.2, 0.25) is 0 Å². The fraction of sp³-hybridized carbons (Fsp3) is 0.435. The van der Waals surface area contributed by atoms with Gasteiger partial charge < -0.3 is 9.64 Å². The number of esters is 1. The van der Waals surface area contributed by atoms with Crippen LogP contribution in [0.1, 0.15) is 30.4 Å². The first-order valence-electron chi connectivity index (χ1n) is 11.0. The lowest BCUT2D eigenvalue weighted by molar-refractivity contribution is -0.151. The van der Waals surface area contributed by atoms with E-state index in [0.717, 1.165) is 16.7 Å². The number of fused-ring (bicyclic) bond motifs is 1. The molecule has 1 aliphatic heterocycles. The molecule has 7 nitrogen and oxygen atoms in total. The highest BCUT2D eigenvalue weighted by atomic mass is 32.1. The Morgan fingerprint density at radius 2 is 1.91 bits per heavy atom. The van der Waals surface area contributed by atoms with Crippen LogP contribution in [-0.2, 0) is 22.3 Å². The van der Waals surface area contributed by atoms with Crippen LogP contribution >= 0.6 is 11.3 Å². The Balaban J connectivity index is 1.51. The number of aromatic nitrogens is 2. The molecule has 0 bridgehead atoms. The quantitative estimate of drug-likeness (QED) is 0.530. The smallest absolute Gasteiger partial charge is 0.416 e. The zero-order valence-corrected chi connectivity index (χ0v) is 19.2. The van der Waals surface area contributed by atoms with Crippen LogP contribution in [0.3, 0.4) is 0 Å². The Labute approximate surface area is 196 Å². The number of nitrogens with zero attached hydrogens (tertiary/aromatic N) is 2. The molecule has 34 heavy (non-hydrogen) atoms. The molecule has 1 aromatic carbocycles. The van der Waals surface area contributed by atoms with Crippen LogP contribution in [0.4, 0.5) is 13.2 Å². The maximum Gasteiger partial charge on any atom is 0.416 e. The molecule has 4 rings (SSSR count). The summed E-state index contributed by atoms with van der Waals surface area (Å²) in [6.07, 6.45) is -3.89. The summed E-state index contributed by atoms with van der Waals surface area (Å²) < 4.78 is 45.2. The summed E-state index contributed by atoms with van der Waals surface area (Å²) in [5.41, 5.74) is -0.927. The van der Waals surface area contributed by atoms with Gasteiger partial charge in [-0.2, -0.15) is 13.2 Å². The summed E-state index contributed by atoms with van der Waals surface area (Å²) in [5, 5.41) is 2.19. The Bertz CT molecular complexity index is 1280. The first kappa shape index (κ1) is 24.2. The van der Waals surface area contributed by atoms with Crippen molar-refractivity contribution in [2.24, 2.45) is 5.92 Å². The van der Waals surface area contributed by atoms with E-state index in [1.165, 1.54) is 23.5 Å². The molecule has 1 aliphatic rings. The summed E-state index contributed by atoms with van der Waals surface area (Å²) in [7, 11) is 0. The number of likely N-dealkylation sites (tertiary alicyclic amines) is 1. The number of carbonyl (C=O) groups excluding carboxylic acids is 1. The van der Waals surface area contributed by atoms with Crippen molar-refractivity contribution in [1.29, 1.82) is 0 Å². The summed E-state index contributed by atoms with van der Waals surface area (Å²) in [6.45, 7) is 3.30. The summed E-state index contributed by atoms with van der Waals surface area (Å²) in [4.78, 5) is 42.9. The lowest BCUT2D eigenvalue weighted by Gasteiger charge is -2.37. The largest absolute Gasteiger partial charge is 0.466 e. The molecule has 0 spiro atoms. The van der Waals surface area contributed by atoms with E-state index in [1.54, 1.807) is 18.4 Å². The number of benzene rings is 1. The van der Waals surface area contributed by atoms with Gasteiger partial charge in [0, 0.05) is 19.6 Å². The normalized spacial score (nSPS) is 19.4. The molecule has 3 aromatic rings. The number of nitrogens with one attached hydrogen (secondary N) is 1. The molecule has 0 saturated carbocycles.